The van der Waals surface area contributed by atoms with E-state index in [0.717, 1.165) is 36.3 Å². The molecule has 1 N–H and O–H groups in total. The van der Waals surface area contributed by atoms with Crippen LogP contribution in [0.15, 0.2) is 48.5 Å². The standard InChI is InChI=1S/C21H26N2O2/c1-16-7-6-10-20(17(16)2)21(24)22-13-19-15-23(11-12-25-19)14-18-8-4-3-5-9-18/h3-10,19H,11-15H2,1-2H3,(H,22,24). The van der Waals surface area contributed by atoms with Gasteiger partial charge < -0.3 is 10.1 Å². The molecule has 1 unspecified atom stereocenters. The smallest absolute Gasteiger partial charge is 0.251 e. The molecule has 0 saturated carbocycles. The van der Waals surface area contributed by atoms with E-state index in [2.05, 4.69) is 34.5 Å². The van der Waals surface area contributed by atoms with Gasteiger partial charge in [0.05, 0.1) is 12.7 Å². The van der Waals surface area contributed by atoms with Crippen LogP contribution in [0, 0.1) is 13.8 Å². The molecule has 0 aromatic heterocycles. The van der Waals surface area contributed by atoms with E-state index in [4.69, 9.17) is 4.74 Å². The summed E-state index contributed by atoms with van der Waals surface area (Å²) in [4.78, 5) is 14.8. The van der Waals surface area contributed by atoms with Crippen molar-refractivity contribution < 1.29 is 9.53 Å². The predicted molar refractivity (Wildman–Crippen MR) is 99.7 cm³/mol. The van der Waals surface area contributed by atoms with Crippen LogP contribution in [-0.2, 0) is 11.3 Å². The van der Waals surface area contributed by atoms with Crippen molar-refractivity contribution in [2.45, 2.75) is 26.5 Å². The molecule has 1 atom stereocenters. The SMILES string of the molecule is Cc1cccc(C(=O)NCC2CN(Cc3ccccc3)CCO2)c1C. The number of hydrogen-bond acceptors (Lipinski definition) is 3. The predicted octanol–water partition coefficient (Wildman–Crippen LogP) is 2.93. The summed E-state index contributed by atoms with van der Waals surface area (Å²) in [5, 5.41) is 3.03. The Morgan fingerprint density at radius 1 is 1.16 bits per heavy atom. The fraction of sp³-hybridized carbons (Fsp3) is 0.381. The number of aryl methyl sites for hydroxylation is 1. The van der Waals surface area contributed by atoms with Crippen molar-refractivity contribution >= 4 is 5.91 Å². The molecule has 2 aromatic rings. The summed E-state index contributed by atoms with van der Waals surface area (Å²) in [6.45, 7) is 7.94. The fourth-order valence-corrected chi connectivity index (χ4v) is 3.19. The highest BCUT2D eigenvalue weighted by Gasteiger charge is 2.21. The van der Waals surface area contributed by atoms with Gasteiger partial charge in [0, 0.05) is 31.7 Å². The van der Waals surface area contributed by atoms with Crippen LogP contribution in [-0.4, -0.2) is 43.2 Å². The summed E-state index contributed by atoms with van der Waals surface area (Å²) in [6, 6.07) is 16.3. The van der Waals surface area contributed by atoms with E-state index in [0.29, 0.717) is 13.2 Å². The molecule has 0 radical (unpaired) electrons. The normalized spacial score (nSPS) is 18.1. The first-order valence-corrected chi connectivity index (χ1v) is 8.86. The molecule has 4 nitrogen and oxygen atoms in total. The maximum absolute atomic E-state index is 12.5. The van der Waals surface area contributed by atoms with E-state index < -0.39 is 0 Å². The Morgan fingerprint density at radius 3 is 2.76 bits per heavy atom. The van der Waals surface area contributed by atoms with Crippen molar-refractivity contribution in [3.05, 3.63) is 70.8 Å². The molecule has 1 aliphatic rings. The van der Waals surface area contributed by atoms with Crippen LogP contribution in [0.4, 0.5) is 0 Å². The van der Waals surface area contributed by atoms with Crippen molar-refractivity contribution in [3.8, 4) is 0 Å². The van der Waals surface area contributed by atoms with Gasteiger partial charge in [0.1, 0.15) is 0 Å². The van der Waals surface area contributed by atoms with Gasteiger partial charge in [-0.05, 0) is 36.6 Å². The molecule has 1 amide bonds. The van der Waals surface area contributed by atoms with E-state index in [1.807, 2.05) is 38.1 Å². The highest BCUT2D eigenvalue weighted by molar-refractivity contribution is 5.95. The molecule has 25 heavy (non-hydrogen) atoms. The maximum Gasteiger partial charge on any atom is 0.251 e. The van der Waals surface area contributed by atoms with Crippen LogP contribution < -0.4 is 5.32 Å². The molecule has 1 aliphatic heterocycles. The quantitative estimate of drug-likeness (QED) is 0.911. The van der Waals surface area contributed by atoms with Gasteiger partial charge in [-0.1, -0.05) is 42.5 Å². The lowest BCUT2D eigenvalue weighted by Gasteiger charge is -2.33. The van der Waals surface area contributed by atoms with Gasteiger partial charge in [-0.15, -0.1) is 0 Å². The van der Waals surface area contributed by atoms with Crippen LogP contribution in [0.1, 0.15) is 27.0 Å². The third-order valence-corrected chi connectivity index (χ3v) is 4.81. The van der Waals surface area contributed by atoms with Gasteiger partial charge in [0.2, 0.25) is 0 Å². The topological polar surface area (TPSA) is 41.6 Å². The molecule has 1 saturated heterocycles. The van der Waals surface area contributed by atoms with Gasteiger partial charge in [0.15, 0.2) is 0 Å². The highest BCUT2D eigenvalue weighted by Crippen LogP contribution is 2.13. The Labute approximate surface area is 149 Å². The monoisotopic (exact) mass is 338 g/mol. The number of carbonyl (C=O) groups excluding carboxylic acids is 1. The van der Waals surface area contributed by atoms with Crippen molar-refractivity contribution in [2.75, 3.05) is 26.2 Å². The Balaban J connectivity index is 1.52. The summed E-state index contributed by atoms with van der Waals surface area (Å²) in [7, 11) is 0. The summed E-state index contributed by atoms with van der Waals surface area (Å²) >= 11 is 0. The van der Waals surface area contributed by atoms with Crippen LogP contribution >= 0.6 is 0 Å². The average molecular weight is 338 g/mol. The summed E-state index contributed by atoms with van der Waals surface area (Å²) in [6.07, 6.45) is 0.0338. The molecule has 132 valence electrons. The number of nitrogens with zero attached hydrogens (tertiary/aromatic N) is 1. The fourth-order valence-electron chi connectivity index (χ4n) is 3.19. The lowest BCUT2D eigenvalue weighted by Crippen LogP contribution is -2.47. The van der Waals surface area contributed by atoms with E-state index >= 15 is 0 Å². The minimum absolute atomic E-state index is 0.0232. The van der Waals surface area contributed by atoms with E-state index in [9.17, 15) is 4.79 Å². The van der Waals surface area contributed by atoms with Crippen LogP contribution in [0.3, 0.4) is 0 Å². The van der Waals surface area contributed by atoms with E-state index in [1.54, 1.807) is 0 Å². The highest BCUT2D eigenvalue weighted by atomic mass is 16.5. The van der Waals surface area contributed by atoms with Gasteiger partial charge in [-0.2, -0.15) is 0 Å². The Bertz CT molecular complexity index is 715. The van der Waals surface area contributed by atoms with Gasteiger partial charge >= 0.3 is 0 Å². The van der Waals surface area contributed by atoms with Gasteiger partial charge in [0.25, 0.3) is 5.91 Å². The van der Waals surface area contributed by atoms with E-state index in [-0.39, 0.29) is 12.0 Å². The number of morpholine rings is 1. The Morgan fingerprint density at radius 2 is 1.96 bits per heavy atom. The molecule has 0 spiro atoms. The first-order valence-electron chi connectivity index (χ1n) is 8.86. The Kier molecular flexibility index (Phi) is 5.84. The maximum atomic E-state index is 12.5. The lowest BCUT2D eigenvalue weighted by atomic mass is 10.0. The Hall–Kier alpha value is -2.17. The number of hydrogen-bond donors (Lipinski definition) is 1. The number of nitrogens with one attached hydrogen (secondary N) is 1. The first-order chi connectivity index (χ1) is 12.1. The first kappa shape index (κ1) is 17.6. The average Bonchev–Trinajstić information content (AvgIpc) is 2.63. The van der Waals surface area contributed by atoms with E-state index in [1.165, 1.54) is 5.56 Å². The number of benzene rings is 2. The number of rotatable bonds is 5. The van der Waals surface area contributed by atoms with Crippen LogP contribution in [0.25, 0.3) is 0 Å². The largest absolute Gasteiger partial charge is 0.374 e. The molecular formula is C21H26N2O2. The third-order valence-electron chi connectivity index (χ3n) is 4.81. The second-order valence-electron chi connectivity index (χ2n) is 6.67. The number of amides is 1. The zero-order chi connectivity index (χ0) is 17.6. The summed E-state index contributed by atoms with van der Waals surface area (Å²) in [5.74, 6) is -0.0232. The summed E-state index contributed by atoms with van der Waals surface area (Å²) < 4.78 is 5.83. The minimum atomic E-state index is -0.0232. The van der Waals surface area contributed by atoms with Gasteiger partial charge in [-0.3, -0.25) is 9.69 Å². The third kappa shape index (κ3) is 4.68. The van der Waals surface area contributed by atoms with Crippen molar-refractivity contribution in [3.63, 3.8) is 0 Å². The second kappa shape index (κ2) is 8.28. The molecule has 2 aromatic carbocycles. The molecular weight excluding hydrogens is 312 g/mol. The van der Waals surface area contributed by atoms with Crippen molar-refractivity contribution in [2.24, 2.45) is 0 Å². The van der Waals surface area contributed by atoms with Crippen molar-refractivity contribution in [1.29, 1.82) is 0 Å². The molecule has 1 fully saturated rings. The lowest BCUT2D eigenvalue weighted by molar-refractivity contribution is -0.0292. The zero-order valence-corrected chi connectivity index (χ0v) is 15.0. The number of ether oxygens (including phenoxy) is 1. The number of carbonyl (C=O) groups is 1. The minimum Gasteiger partial charge on any atom is -0.374 e. The molecule has 0 bridgehead atoms. The molecule has 4 heteroatoms. The van der Waals surface area contributed by atoms with Crippen molar-refractivity contribution in [1.82, 2.24) is 10.2 Å². The molecule has 3 rings (SSSR count). The zero-order valence-electron chi connectivity index (χ0n) is 15.0. The van der Waals surface area contributed by atoms with Crippen LogP contribution in [0.2, 0.25) is 0 Å². The van der Waals surface area contributed by atoms with Gasteiger partial charge in [-0.25, -0.2) is 0 Å². The second-order valence-corrected chi connectivity index (χ2v) is 6.67. The summed E-state index contributed by atoms with van der Waals surface area (Å²) in [5.41, 5.74) is 4.23. The van der Waals surface area contributed by atoms with Crippen LogP contribution in [0.5, 0.6) is 0 Å². The molecule has 0 aliphatic carbocycles. The molecule has 1 heterocycles.